The monoisotopic (exact) mass is 180 g/mol. The molecule has 2 heteroatoms. The van der Waals surface area contributed by atoms with Crippen molar-refractivity contribution in [1.29, 1.82) is 0 Å². The van der Waals surface area contributed by atoms with Crippen LogP contribution in [0.3, 0.4) is 0 Å². The molecule has 2 nitrogen and oxygen atoms in total. The molecule has 1 heterocycles. The van der Waals surface area contributed by atoms with Gasteiger partial charge < -0.3 is 0 Å². The van der Waals surface area contributed by atoms with Crippen LogP contribution in [0.1, 0.15) is 50.3 Å². The highest BCUT2D eigenvalue weighted by Crippen LogP contribution is 2.09. The lowest BCUT2D eigenvalue weighted by atomic mass is 10.1. The first-order valence-corrected chi connectivity index (χ1v) is 5.34. The molecule has 0 bridgehead atoms. The predicted octanol–water partition coefficient (Wildman–Crippen LogP) is 3.23. The number of unbranched alkanes of at least 4 members (excludes halogenated alkanes) is 4. The lowest BCUT2D eigenvalue weighted by molar-refractivity contribution is 0.627. The van der Waals surface area contributed by atoms with Crippen LogP contribution >= 0.6 is 0 Å². The van der Waals surface area contributed by atoms with Crippen LogP contribution < -0.4 is 0 Å². The van der Waals surface area contributed by atoms with Crippen LogP contribution in [0.15, 0.2) is 6.20 Å². The second kappa shape index (κ2) is 5.79. The van der Waals surface area contributed by atoms with Crippen LogP contribution in [0.2, 0.25) is 0 Å². The van der Waals surface area contributed by atoms with Crippen molar-refractivity contribution < 1.29 is 0 Å². The summed E-state index contributed by atoms with van der Waals surface area (Å²) in [5.74, 6) is 0. The smallest absolute Gasteiger partial charge is 0.0651 e. The summed E-state index contributed by atoms with van der Waals surface area (Å²) < 4.78 is 0. The zero-order chi connectivity index (χ0) is 9.52. The van der Waals surface area contributed by atoms with Gasteiger partial charge in [-0.15, -0.1) is 0 Å². The van der Waals surface area contributed by atoms with Gasteiger partial charge in [0, 0.05) is 6.20 Å². The topological polar surface area (TPSA) is 28.7 Å². The molecule has 0 amide bonds. The fourth-order valence-corrected chi connectivity index (χ4v) is 1.53. The van der Waals surface area contributed by atoms with E-state index >= 15 is 0 Å². The summed E-state index contributed by atoms with van der Waals surface area (Å²) in [6.45, 7) is 4.36. The van der Waals surface area contributed by atoms with E-state index in [0.717, 1.165) is 6.42 Å². The third-order valence-electron chi connectivity index (χ3n) is 2.45. The van der Waals surface area contributed by atoms with Crippen molar-refractivity contribution in [3.8, 4) is 0 Å². The maximum Gasteiger partial charge on any atom is 0.0651 e. The first-order chi connectivity index (χ1) is 6.34. The van der Waals surface area contributed by atoms with Crippen LogP contribution in [-0.4, -0.2) is 10.2 Å². The Kier molecular flexibility index (Phi) is 4.58. The number of aromatic nitrogens is 2. The molecule has 0 spiro atoms. The number of aryl methyl sites for hydroxylation is 2. The Bertz CT molecular complexity index is 228. The molecule has 0 fully saturated rings. The highest BCUT2D eigenvalue weighted by atomic mass is 15.1. The standard InChI is InChI=1S/C11H20N2/c1-3-4-5-6-7-8-11-10(2)9-12-13-11/h9H,3-8H2,1-2H3,(H,12,13). The summed E-state index contributed by atoms with van der Waals surface area (Å²) >= 11 is 0. The molecule has 0 aromatic carbocycles. The summed E-state index contributed by atoms with van der Waals surface area (Å²) in [6, 6.07) is 0. The Balaban J connectivity index is 2.10. The molecule has 0 saturated carbocycles. The summed E-state index contributed by atoms with van der Waals surface area (Å²) in [4.78, 5) is 0. The van der Waals surface area contributed by atoms with Crippen LogP contribution in [0.5, 0.6) is 0 Å². The molecule has 1 rings (SSSR count). The van der Waals surface area contributed by atoms with Crippen molar-refractivity contribution in [3.05, 3.63) is 17.5 Å². The van der Waals surface area contributed by atoms with Gasteiger partial charge in [0.15, 0.2) is 0 Å². The molecule has 0 aliphatic rings. The number of nitrogens with zero attached hydrogens (tertiary/aromatic N) is 1. The lowest BCUT2D eigenvalue weighted by Gasteiger charge is -1.98. The number of hydrogen-bond acceptors (Lipinski definition) is 1. The van der Waals surface area contributed by atoms with Gasteiger partial charge in [0.1, 0.15) is 0 Å². The van der Waals surface area contributed by atoms with Gasteiger partial charge in [-0.3, -0.25) is 5.10 Å². The SMILES string of the molecule is CCCCCCCc1n[nH]cc1C. The van der Waals surface area contributed by atoms with E-state index in [1.807, 2.05) is 6.20 Å². The largest absolute Gasteiger partial charge is 0.285 e. The predicted molar refractivity (Wildman–Crippen MR) is 55.8 cm³/mol. The molecule has 0 saturated heterocycles. The van der Waals surface area contributed by atoms with Gasteiger partial charge in [-0.2, -0.15) is 5.10 Å². The van der Waals surface area contributed by atoms with E-state index in [2.05, 4.69) is 24.0 Å². The fraction of sp³-hybridized carbons (Fsp3) is 0.727. The van der Waals surface area contributed by atoms with Gasteiger partial charge in [-0.05, 0) is 25.3 Å². The molecular weight excluding hydrogens is 160 g/mol. The average molecular weight is 180 g/mol. The van der Waals surface area contributed by atoms with Gasteiger partial charge in [0.25, 0.3) is 0 Å². The molecule has 1 N–H and O–H groups in total. The highest BCUT2D eigenvalue weighted by Gasteiger charge is 1.99. The Morgan fingerprint density at radius 1 is 1.23 bits per heavy atom. The minimum absolute atomic E-state index is 1.14. The van der Waals surface area contributed by atoms with Crippen LogP contribution in [0.25, 0.3) is 0 Å². The van der Waals surface area contributed by atoms with Crippen molar-refractivity contribution in [2.75, 3.05) is 0 Å². The van der Waals surface area contributed by atoms with E-state index in [9.17, 15) is 0 Å². The average Bonchev–Trinajstić information content (AvgIpc) is 2.52. The minimum Gasteiger partial charge on any atom is -0.285 e. The Labute approximate surface area is 80.7 Å². The van der Waals surface area contributed by atoms with Gasteiger partial charge >= 0.3 is 0 Å². The third kappa shape index (κ3) is 3.62. The maximum atomic E-state index is 4.21. The lowest BCUT2D eigenvalue weighted by Crippen LogP contribution is -1.88. The zero-order valence-corrected chi connectivity index (χ0v) is 8.77. The number of H-pyrrole nitrogens is 1. The molecule has 13 heavy (non-hydrogen) atoms. The molecule has 74 valence electrons. The van der Waals surface area contributed by atoms with Crippen molar-refractivity contribution >= 4 is 0 Å². The molecule has 0 aliphatic carbocycles. The van der Waals surface area contributed by atoms with Gasteiger partial charge in [0.2, 0.25) is 0 Å². The summed E-state index contributed by atoms with van der Waals surface area (Å²) in [6.07, 6.45) is 9.81. The Morgan fingerprint density at radius 3 is 2.62 bits per heavy atom. The highest BCUT2D eigenvalue weighted by molar-refractivity contribution is 5.13. The fourth-order valence-electron chi connectivity index (χ4n) is 1.53. The van der Waals surface area contributed by atoms with Gasteiger partial charge in [-0.25, -0.2) is 0 Å². The van der Waals surface area contributed by atoms with Crippen molar-refractivity contribution in [3.63, 3.8) is 0 Å². The van der Waals surface area contributed by atoms with E-state index in [0.29, 0.717) is 0 Å². The van der Waals surface area contributed by atoms with Crippen molar-refractivity contribution in [2.24, 2.45) is 0 Å². The first kappa shape index (κ1) is 10.3. The number of nitrogens with one attached hydrogen (secondary N) is 1. The quantitative estimate of drug-likeness (QED) is 0.669. The van der Waals surface area contributed by atoms with E-state index in [4.69, 9.17) is 0 Å². The Hall–Kier alpha value is -0.790. The van der Waals surface area contributed by atoms with E-state index < -0.39 is 0 Å². The second-order valence-electron chi connectivity index (χ2n) is 3.68. The molecule has 0 atom stereocenters. The molecule has 1 aromatic heterocycles. The van der Waals surface area contributed by atoms with Gasteiger partial charge in [0.05, 0.1) is 5.69 Å². The zero-order valence-electron chi connectivity index (χ0n) is 8.77. The van der Waals surface area contributed by atoms with Crippen LogP contribution in [0, 0.1) is 6.92 Å². The van der Waals surface area contributed by atoms with E-state index in [1.54, 1.807) is 0 Å². The summed E-state index contributed by atoms with van der Waals surface area (Å²) in [7, 11) is 0. The molecule has 0 aliphatic heterocycles. The van der Waals surface area contributed by atoms with Crippen molar-refractivity contribution in [2.45, 2.75) is 52.4 Å². The molecule has 0 radical (unpaired) electrons. The normalized spacial score (nSPS) is 10.6. The van der Waals surface area contributed by atoms with Crippen LogP contribution in [-0.2, 0) is 6.42 Å². The first-order valence-electron chi connectivity index (χ1n) is 5.34. The molecular formula is C11H20N2. The van der Waals surface area contributed by atoms with E-state index in [1.165, 1.54) is 43.4 Å². The summed E-state index contributed by atoms with van der Waals surface area (Å²) in [5.41, 5.74) is 2.55. The Morgan fingerprint density at radius 2 is 2.00 bits per heavy atom. The maximum absolute atomic E-state index is 4.21. The van der Waals surface area contributed by atoms with Gasteiger partial charge in [-0.1, -0.05) is 32.6 Å². The number of rotatable bonds is 6. The third-order valence-corrected chi connectivity index (χ3v) is 2.45. The summed E-state index contributed by atoms with van der Waals surface area (Å²) in [5, 5.41) is 7.11. The molecule has 0 unspecified atom stereocenters. The number of hydrogen-bond donors (Lipinski definition) is 1. The van der Waals surface area contributed by atoms with E-state index in [-0.39, 0.29) is 0 Å². The molecule has 1 aromatic rings. The van der Waals surface area contributed by atoms with Crippen LogP contribution in [0.4, 0.5) is 0 Å². The van der Waals surface area contributed by atoms with Crippen molar-refractivity contribution in [1.82, 2.24) is 10.2 Å². The number of aromatic amines is 1. The second-order valence-corrected chi connectivity index (χ2v) is 3.68. The minimum atomic E-state index is 1.14.